The Morgan fingerprint density at radius 3 is 2.76 bits per heavy atom. The van der Waals surface area contributed by atoms with Gasteiger partial charge in [0.1, 0.15) is 0 Å². The smallest absolute Gasteiger partial charge is 0.307 e. The molecule has 0 radical (unpaired) electrons. The molecule has 2 N–H and O–H groups in total. The van der Waals surface area contributed by atoms with Gasteiger partial charge in [0.15, 0.2) is 0 Å². The third-order valence-electron chi connectivity index (χ3n) is 2.46. The summed E-state index contributed by atoms with van der Waals surface area (Å²) in [5, 5.41) is 10.6. The van der Waals surface area contributed by atoms with E-state index in [4.69, 9.17) is 5.73 Å². The normalized spacial score (nSPS) is 13.8. The molecule has 92 valence electrons. The second-order valence-electron chi connectivity index (χ2n) is 3.98. The fraction of sp³-hybridized carbons (Fsp3) is 0.364. The molecule has 17 heavy (non-hydrogen) atoms. The van der Waals surface area contributed by atoms with Crippen molar-refractivity contribution >= 4 is 11.7 Å². The van der Waals surface area contributed by atoms with Crippen LogP contribution < -0.4 is 5.73 Å². The lowest BCUT2D eigenvalue weighted by Crippen LogP contribution is -2.36. The Hall–Kier alpha value is -1.95. The van der Waals surface area contributed by atoms with Gasteiger partial charge in [-0.15, -0.1) is 0 Å². The number of carbonyl (C=O) groups is 1. The van der Waals surface area contributed by atoms with Crippen LogP contribution >= 0.6 is 0 Å². The highest BCUT2D eigenvalue weighted by molar-refractivity contribution is 5.71. The summed E-state index contributed by atoms with van der Waals surface area (Å²) in [4.78, 5) is 21.3. The van der Waals surface area contributed by atoms with Crippen LogP contribution in [-0.2, 0) is 15.1 Å². The number of nitro benzene ring substituents is 1. The van der Waals surface area contributed by atoms with Crippen molar-refractivity contribution in [2.24, 2.45) is 5.73 Å². The molecule has 0 saturated heterocycles. The predicted molar refractivity (Wildman–Crippen MR) is 61.3 cm³/mol. The van der Waals surface area contributed by atoms with E-state index >= 15 is 0 Å². The Kier molecular flexibility index (Phi) is 3.80. The van der Waals surface area contributed by atoms with Crippen molar-refractivity contribution in [2.45, 2.75) is 18.9 Å². The summed E-state index contributed by atoms with van der Waals surface area (Å²) in [6.45, 7) is 1.63. The Labute approximate surface area is 98.5 Å². The van der Waals surface area contributed by atoms with Crippen molar-refractivity contribution in [3.63, 3.8) is 0 Å². The van der Waals surface area contributed by atoms with Gasteiger partial charge in [0.25, 0.3) is 5.69 Å². The maximum Gasteiger partial charge on any atom is 0.307 e. The minimum atomic E-state index is -0.987. The number of non-ortho nitro benzene ring substituents is 1. The van der Waals surface area contributed by atoms with E-state index in [1.807, 2.05) is 0 Å². The van der Waals surface area contributed by atoms with E-state index in [9.17, 15) is 14.9 Å². The minimum absolute atomic E-state index is 0.0370. The number of ether oxygens (including phenoxy) is 1. The molecule has 6 nitrogen and oxygen atoms in total. The van der Waals surface area contributed by atoms with E-state index in [1.165, 1.54) is 25.3 Å². The molecule has 6 heteroatoms. The van der Waals surface area contributed by atoms with Crippen LogP contribution in [0.5, 0.6) is 0 Å². The lowest BCUT2D eigenvalue weighted by molar-refractivity contribution is -0.385. The van der Waals surface area contributed by atoms with Crippen molar-refractivity contribution < 1.29 is 14.5 Å². The lowest BCUT2D eigenvalue weighted by Gasteiger charge is -2.23. The lowest BCUT2D eigenvalue weighted by atomic mass is 9.89. The molecule has 0 spiro atoms. The molecule has 1 atom stereocenters. The van der Waals surface area contributed by atoms with E-state index in [2.05, 4.69) is 4.74 Å². The van der Waals surface area contributed by atoms with E-state index in [0.29, 0.717) is 5.56 Å². The average Bonchev–Trinajstić information content (AvgIpc) is 2.28. The average molecular weight is 238 g/mol. The van der Waals surface area contributed by atoms with Gasteiger partial charge in [0.2, 0.25) is 0 Å². The largest absolute Gasteiger partial charge is 0.469 e. The number of hydrogen-bond acceptors (Lipinski definition) is 5. The molecule has 0 aliphatic rings. The first kappa shape index (κ1) is 13.1. The van der Waals surface area contributed by atoms with E-state index in [1.54, 1.807) is 13.0 Å². The van der Waals surface area contributed by atoms with Crippen molar-refractivity contribution in [1.82, 2.24) is 0 Å². The van der Waals surface area contributed by atoms with Gasteiger partial charge in [-0.1, -0.05) is 12.1 Å². The molecule has 1 aromatic carbocycles. The number of esters is 1. The maximum atomic E-state index is 11.2. The van der Waals surface area contributed by atoms with Crippen molar-refractivity contribution in [3.05, 3.63) is 39.9 Å². The van der Waals surface area contributed by atoms with Crippen LogP contribution in [0.25, 0.3) is 0 Å². The highest BCUT2D eigenvalue weighted by Crippen LogP contribution is 2.25. The molecular formula is C11H14N2O4. The Morgan fingerprint density at radius 1 is 1.59 bits per heavy atom. The van der Waals surface area contributed by atoms with Crippen LogP contribution in [0, 0.1) is 10.1 Å². The molecule has 0 heterocycles. The molecule has 0 amide bonds. The summed E-state index contributed by atoms with van der Waals surface area (Å²) in [7, 11) is 1.27. The monoisotopic (exact) mass is 238 g/mol. The zero-order chi connectivity index (χ0) is 13.1. The zero-order valence-electron chi connectivity index (χ0n) is 9.67. The highest BCUT2D eigenvalue weighted by atomic mass is 16.6. The molecule has 0 unspecified atom stereocenters. The number of nitrogens with two attached hydrogens (primary N) is 1. The first-order valence-corrected chi connectivity index (χ1v) is 4.97. The molecular weight excluding hydrogens is 224 g/mol. The molecule has 0 aromatic heterocycles. The number of carbonyl (C=O) groups excluding carboxylic acids is 1. The Bertz CT molecular complexity index is 443. The number of benzene rings is 1. The predicted octanol–water partition coefficient (Wildman–Crippen LogP) is 1.33. The van der Waals surface area contributed by atoms with E-state index in [0.717, 1.165) is 0 Å². The van der Waals surface area contributed by atoms with Gasteiger partial charge in [-0.2, -0.15) is 0 Å². The Balaban J connectivity index is 3.01. The number of methoxy groups -OCH3 is 1. The molecule has 0 fully saturated rings. The van der Waals surface area contributed by atoms with Gasteiger partial charge in [0.05, 0.1) is 18.5 Å². The summed E-state index contributed by atoms with van der Waals surface area (Å²) < 4.78 is 4.53. The van der Waals surface area contributed by atoms with Crippen LogP contribution in [0.3, 0.4) is 0 Å². The number of nitro groups is 1. The second-order valence-corrected chi connectivity index (χ2v) is 3.98. The van der Waals surface area contributed by atoms with E-state index < -0.39 is 16.4 Å². The molecule has 0 saturated carbocycles. The SMILES string of the molecule is COC(=O)C[C@](C)(N)c1cccc([N+](=O)[O-])c1. The topological polar surface area (TPSA) is 95.5 Å². The molecule has 0 aliphatic carbocycles. The quantitative estimate of drug-likeness (QED) is 0.485. The van der Waals surface area contributed by atoms with Gasteiger partial charge >= 0.3 is 5.97 Å². The van der Waals surface area contributed by atoms with Crippen LogP contribution in [-0.4, -0.2) is 18.0 Å². The summed E-state index contributed by atoms with van der Waals surface area (Å²) in [6, 6.07) is 5.92. The highest BCUT2D eigenvalue weighted by Gasteiger charge is 2.26. The van der Waals surface area contributed by atoms with Crippen LogP contribution in [0.1, 0.15) is 18.9 Å². The third kappa shape index (κ3) is 3.25. The molecule has 0 bridgehead atoms. The molecule has 0 aliphatic heterocycles. The van der Waals surface area contributed by atoms with Crippen LogP contribution in [0.4, 0.5) is 5.69 Å². The van der Waals surface area contributed by atoms with Gasteiger partial charge in [0, 0.05) is 17.7 Å². The van der Waals surface area contributed by atoms with Gasteiger partial charge < -0.3 is 10.5 Å². The zero-order valence-corrected chi connectivity index (χ0v) is 9.67. The Morgan fingerprint density at radius 2 is 2.24 bits per heavy atom. The van der Waals surface area contributed by atoms with Crippen LogP contribution in [0.15, 0.2) is 24.3 Å². The number of hydrogen-bond donors (Lipinski definition) is 1. The van der Waals surface area contributed by atoms with Gasteiger partial charge in [-0.3, -0.25) is 14.9 Å². The summed E-state index contributed by atoms with van der Waals surface area (Å²) in [6.07, 6.45) is -0.0370. The summed E-state index contributed by atoms with van der Waals surface area (Å²) in [5.74, 6) is -0.457. The van der Waals surface area contributed by atoms with Crippen molar-refractivity contribution in [1.29, 1.82) is 0 Å². The van der Waals surface area contributed by atoms with Crippen LogP contribution in [0.2, 0.25) is 0 Å². The number of nitrogens with zero attached hydrogens (tertiary/aromatic N) is 1. The summed E-state index contributed by atoms with van der Waals surface area (Å²) >= 11 is 0. The first-order chi connectivity index (χ1) is 7.86. The number of rotatable bonds is 4. The van der Waals surface area contributed by atoms with Crippen molar-refractivity contribution in [2.75, 3.05) is 7.11 Å². The molecule has 1 rings (SSSR count). The minimum Gasteiger partial charge on any atom is -0.469 e. The summed E-state index contributed by atoms with van der Waals surface area (Å²) in [5.41, 5.74) is 5.45. The standard InChI is InChI=1S/C11H14N2O4/c1-11(12,7-10(14)17-2)8-4-3-5-9(6-8)13(15)16/h3-6H,7,12H2,1-2H3/t11-/m0/s1. The fourth-order valence-corrected chi connectivity index (χ4v) is 1.45. The fourth-order valence-electron chi connectivity index (χ4n) is 1.45. The third-order valence-corrected chi connectivity index (χ3v) is 2.46. The first-order valence-electron chi connectivity index (χ1n) is 4.97. The van der Waals surface area contributed by atoms with Gasteiger partial charge in [-0.25, -0.2) is 0 Å². The molecule has 1 aromatic rings. The second kappa shape index (κ2) is 4.92. The maximum absolute atomic E-state index is 11.2. The van der Waals surface area contributed by atoms with Crippen molar-refractivity contribution in [3.8, 4) is 0 Å². The van der Waals surface area contributed by atoms with E-state index in [-0.39, 0.29) is 12.1 Å². The van der Waals surface area contributed by atoms with Gasteiger partial charge in [-0.05, 0) is 12.5 Å².